The van der Waals surface area contributed by atoms with E-state index in [1.54, 1.807) is 0 Å². The van der Waals surface area contributed by atoms with Crippen LogP contribution in [0.2, 0.25) is 0 Å². The molecule has 0 bridgehead atoms. The van der Waals surface area contributed by atoms with Crippen molar-refractivity contribution in [3.63, 3.8) is 0 Å². The summed E-state index contributed by atoms with van der Waals surface area (Å²) in [6.07, 6.45) is 7.00. The first-order valence-corrected chi connectivity index (χ1v) is 8.19. The van der Waals surface area contributed by atoms with Gasteiger partial charge in [-0.15, -0.1) is 0 Å². The largest absolute Gasteiger partial charge is 0.393 e. The zero-order valence-electron chi connectivity index (χ0n) is 13.0. The molecule has 0 radical (unpaired) electrons. The van der Waals surface area contributed by atoms with Crippen molar-refractivity contribution in [2.45, 2.75) is 71.1 Å². The van der Waals surface area contributed by atoms with Crippen molar-refractivity contribution in [2.75, 3.05) is 6.54 Å². The van der Waals surface area contributed by atoms with Gasteiger partial charge >= 0.3 is 0 Å². The van der Waals surface area contributed by atoms with Gasteiger partial charge in [-0.2, -0.15) is 0 Å². The Morgan fingerprint density at radius 3 is 2.50 bits per heavy atom. The Hall–Kier alpha value is -0.860. The molecule has 20 heavy (non-hydrogen) atoms. The van der Waals surface area contributed by atoms with E-state index in [0.29, 0.717) is 6.04 Å². The number of rotatable bonds is 5. The van der Waals surface area contributed by atoms with E-state index in [2.05, 4.69) is 36.1 Å². The van der Waals surface area contributed by atoms with Crippen molar-refractivity contribution in [3.8, 4) is 0 Å². The van der Waals surface area contributed by atoms with Gasteiger partial charge in [0.05, 0.1) is 6.10 Å². The van der Waals surface area contributed by atoms with Crippen molar-refractivity contribution >= 4 is 0 Å². The fourth-order valence-electron chi connectivity index (χ4n) is 3.22. The molecule has 1 aliphatic rings. The van der Waals surface area contributed by atoms with E-state index in [-0.39, 0.29) is 6.10 Å². The minimum atomic E-state index is -0.192. The molecule has 0 aliphatic carbocycles. The van der Waals surface area contributed by atoms with Crippen LogP contribution in [0.1, 0.15) is 57.1 Å². The lowest BCUT2D eigenvalue weighted by Crippen LogP contribution is -2.36. The summed E-state index contributed by atoms with van der Waals surface area (Å²) in [5.41, 5.74) is 2.81. The number of aryl methyl sites for hydroxylation is 1. The van der Waals surface area contributed by atoms with Crippen LogP contribution in [0.15, 0.2) is 24.3 Å². The van der Waals surface area contributed by atoms with Crippen LogP contribution in [0, 0.1) is 0 Å². The molecule has 1 aromatic carbocycles. The average molecular weight is 275 g/mol. The van der Waals surface area contributed by atoms with Crippen LogP contribution in [0.25, 0.3) is 0 Å². The summed E-state index contributed by atoms with van der Waals surface area (Å²) in [4.78, 5) is 2.58. The topological polar surface area (TPSA) is 23.5 Å². The van der Waals surface area contributed by atoms with Crippen LogP contribution in [0.4, 0.5) is 0 Å². The molecule has 1 aromatic rings. The highest BCUT2D eigenvalue weighted by atomic mass is 16.3. The molecule has 0 aromatic heterocycles. The molecule has 2 atom stereocenters. The second-order valence-electron chi connectivity index (χ2n) is 6.23. The van der Waals surface area contributed by atoms with Gasteiger partial charge < -0.3 is 5.11 Å². The van der Waals surface area contributed by atoms with Gasteiger partial charge in [-0.25, -0.2) is 0 Å². The average Bonchev–Trinajstić information content (AvgIpc) is 2.65. The quantitative estimate of drug-likeness (QED) is 0.884. The fourth-order valence-corrected chi connectivity index (χ4v) is 3.22. The number of hydrogen-bond acceptors (Lipinski definition) is 2. The highest BCUT2D eigenvalue weighted by Crippen LogP contribution is 2.22. The van der Waals surface area contributed by atoms with Gasteiger partial charge in [0.15, 0.2) is 0 Å². The first-order chi connectivity index (χ1) is 9.69. The van der Waals surface area contributed by atoms with Crippen molar-refractivity contribution in [1.29, 1.82) is 0 Å². The molecular formula is C18H29NO. The Morgan fingerprint density at radius 2 is 1.85 bits per heavy atom. The number of likely N-dealkylation sites (tertiary alicyclic amines) is 1. The van der Waals surface area contributed by atoms with Gasteiger partial charge in [-0.1, -0.05) is 44.0 Å². The second kappa shape index (κ2) is 7.80. The van der Waals surface area contributed by atoms with Crippen LogP contribution in [0.5, 0.6) is 0 Å². The fraction of sp³-hybridized carbons (Fsp3) is 0.667. The molecule has 1 fully saturated rings. The maximum Gasteiger partial charge on any atom is 0.0527 e. The third kappa shape index (κ3) is 4.60. The van der Waals surface area contributed by atoms with Crippen LogP contribution >= 0.6 is 0 Å². The van der Waals surface area contributed by atoms with E-state index in [0.717, 1.165) is 19.4 Å². The predicted molar refractivity (Wildman–Crippen MR) is 84.8 cm³/mol. The number of nitrogens with zero attached hydrogens (tertiary/aromatic N) is 1. The van der Waals surface area contributed by atoms with E-state index in [4.69, 9.17) is 0 Å². The monoisotopic (exact) mass is 275 g/mol. The maximum atomic E-state index is 9.72. The zero-order chi connectivity index (χ0) is 14.4. The van der Waals surface area contributed by atoms with Gasteiger partial charge in [0, 0.05) is 12.6 Å². The summed E-state index contributed by atoms with van der Waals surface area (Å²) in [6.45, 7) is 6.32. The SMILES string of the molecule is CCc1ccc(CN2CCCCCC2CC(C)O)cc1. The third-order valence-corrected chi connectivity index (χ3v) is 4.43. The van der Waals surface area contributed by atoms with E-state index in [9.17, 15) is 5.11 Å². The summed E-state index contributed by atoms with van der Waals surface area (Å²) in [5, 5.41) is 9.72. The van der Waals surface area contributed by atoms with E-state index in [1.807, 2.05) is 6.92 Å². The molecule has 1 saturated heterocycles. The number of aliphatic hydroxyl groups is 1. The normalized spacial score (nSPS) is 22.4. The smallest absolute Gasteiger partial charge is 0.0527 e. The van der Waals surface area contributed by atoms with Crippen LogP contribution < -0.4 is 0 Å². The Labute approximate surface area is 123 Å². The molecule has 2 unspecified atom stereocenters. The van der Waals surface area contributed by atoms with Crippen molar-refractivity contribution in [1.82, 2.24) is 4.90 Å². The standard InChI is InChI=1S/C18H29NO/c1-3-16-8-10-17(11-9-16)14-19-12-6-4-5-7-18(19)13-15(2)20/h8-11,15,18,20H,3-7,12-14H2,1-2H3. The zero-order valence-corrected chi connectivity index (χ0v) is 13.0. The van der Waals surface area contributed by atoms with Crippen molar-refractivity contribution in [3.05, 3.63) is 35.4 Å². The number of aliphatic hydroxyl groups excluding tert-OH is 1. The molecule has 2 rings (SSSR count). The lowest BCUT2D eigenvalue weighted by atomic mass is 10.0. The Morgan fingerprint density at radius 1 is 1.15 bits per heavy atom. The summed E-state index contributed by atoms with van der Waals surface area (Å²) < 4.78 is 0. The van der Waals surface area contributed by atoms with E-state index in [1.165, 1.54) is 43.4 Å². The summed E-state index contributed by atoms with van der Waals surface area (Å²) in [6, 6.07) is 9.57. The molecule has 1 heterocycles. The lowest BCUT2D eigenvalue weighted by Gasteiger charge is -2.31. The van der Waals surface area contributed by atoms with Crippen molar-refractivity contribution < 1.29 is 5.11 Å². The Balaban J connectivity index is 2.01. The third-order valence-electron chi connectivity index (χ3n) is 4.43. The summed E-state index contributed by atoms with van der Waals surface area (Å²) >= 11 is 0. The molecule has 1 N–H and O–H groups in total. The molecule has 0 amide bonds. The summed E-state index contributed by atoms with van der Waals surface area (Å²) in [7, 11) is 0. The van der Waals surface area contributed by atoms with Gasteiger partial charge in [-0.3, -0.25) is 4.90 Å². The predicted octanol–water partition coefficient (Wildman–Crippen LogP) is 3.76. The first-order valence-electron chi connectivity index (χ1n) is 8.19. The van der Waals surface area contributed by atoms with E-state index < -0.39 is 0 Å². The van der Waals surface area contributed by atoms with Gasteiger partial charge in [0.1, 0.15) is 0 Å². The molecular weight excluding hydrogens is 246 g/mol. The van der Waals surface area contributed by atoms with Gasteiger partial charge in [-0.05, 0) is 50.3 Å². The van der Waals surface area contributed by atoms with Crippen LogP contribution in [0.3, 0.4) is 0 Å². The highest BCUT2D eigenvalue weighted by molar-refractivity contribution is 5.22. The molecule has 1 aliphatic heterocycles. The Bertz CT molecular complexity index is 385. The molecule has 112 valence electrons. The van der Waals surface area contributed by atoms with Gasteiger partial charge in [0.2, 0.25) is 0 Å². The van der Waals surface area contributed by atoms with Crippen LogP contribution in [-0.4, -0.2) is 28.7 Å². The minimum absolute atomic E-state index is 0.192. The number of hydrogen-bond donors (Lipinski definition) is 1. The first kappa shape index (κ1) is 15.5. The molecule has 0 saturated carbocycles. The molecule has 0 spiro atoms. The van der Waals surface area contributed by atoms with Gasteiger partial charge in [0.25, 0.3) is 0 Å². The van der Waals surface area contributed by atoms with E-state index >= 15 is 0 Å². The molecule has 2 nitrogen and oxygen atoms in total. The maximum absolute atomic E-state index is 9.72. The van der Waals surface area contributed by atoms with Crippen molar-refractivity contribution in [2.24, 2.45) is 0 Å². The highest BCUT2D eigenvalue weighted by Gasteiger charge is 2.22. The number of benzene rings is 1. The molecule has 2 heteroatoms. The summed E-state index contributed by atoms with van der Waals surface area (Å²) in [5.74, 6) is 0. The second-order valence-corrected chi connectivity index (χ2v) is 6.23. The van der Waals surface area contributed by atoms with Crippen LogP contribution in [-0.2, 0) is 13.0 Å². The Kier molecular flexibility index (Phi) is 6.06. The minimum Gasteiger partial charge on any atom is -0.393 e. The lowest BCUT2D eigenvalue weighted by molar-refractivity contribution is 0.108.